The van der Waals surface area contributed by atoms with Crippen LogP contribution in [0, 0.1) is 0 Å². The zero-order valence-corrected chi connectivity index (χ0v) is 14.5. The molecule has 3 rings (SSSR count). The van der Waals surface area contributed by atoms with Gasteiger partial charge in [-0.3, -0.25) is 0 Å². The predicted molar refractivity (Wildman–Crippen MR) is 101 cm³/mol. The summed E-state index contributed by atoms with van der Waals surface area (Å²) in [7, 11) is 0. The number of ether oxygens (including phenoxy) is 1. The Morgan fingerprint density at radius 2 is 1.88 bits per heavy atom. The van der Waals surface area contributed by atoms with Crippen LogP contribution in [0.1, 0.15) is 31.4 Å². The fourth-order valence-corrected chi connectivity index (χ4v) is 2.85. The highest BCUT2D eigenvalue weighted by Gasteiger charge is 2.23. The molecule has 1 aliphatic rings. The van der Waals surface area contributed by atoms with Crippen molar-refractivity contribution in [1.29, 1.82) is 0 Å². The van der Waals surface area contributed by atoms with E-state index in [4.69, 9.17) is 4.74 Å². The summed E-state index contributed by atoms with van der Waals surface area (Å²) in [4.78, 5) is 0. The molecule has 0 aliphatic carbocycles. The molecule has 2 aromatic carbocycles. The van der Waals surface area contributed by atoms with E-state index < -0.39 is 0 Å². The topological polar surface area (TPSA) is 49.7 Å². The van der Waals surface area contributed by atoms with Crippen molar-refractivity contribution in [1.82, 2.24) is 0 Å². The highest BCUT2D eigenvalue weighted by molar-refractivity contribution is 5.70. The monoisotopic (exact) mass is 334 g/mol. The van der Waals surface area contributed by atoms with Gasteiger partial charge in [0.05, 0.1) is 0 Å². The molecular weight excluding hydrogens is 312 g/mol. The van der Waals surface area contributed by atoms with Gasteiger partial charge in [-0.05, 0) is 25.8 Å². The lowest BCUT2D eigenvalue weighted by molar-refractivity contribution is 0.424. The van der Waals surface area contributed by atoms with Crippen LogP contribution in [0.25, 0.3) is 5.76 Å². The second-order valence-electron chi connectivity index (χ2n) is 6.40. The molecule has 0 bridgehead atoms. The SMILES string of the molecule is CC(C)=C/C=C/CC1=C(c2ccccc2)Oc2cc(O)cc(O)c2C1. The van der Waals surface area contributed by atoms with Crippen LogP contribution in [0.15, 0.2) is 71.8 Å². The standard InChI is InChI=1S/C22H22O3/c1-15(2)8-6-7-11-17-12-19-20(24)13-18(23)14-21(19)25-22(17)16-9-4-3-5-10-16/h3-10,13-14,23-24H,11-12H2,1-2H3/b7-6+. The first-order chi connectivity index (χ1) is 12.0. The van der Waals surface area contributed by atoms with E-state index in [1.54, 1.807) is 6.07 Å². The van der Waals surface area contributed by atoms with E-state index in [0.717, 1.165) is 23.3 Å². The van der Waals surface area contributed by atoms with Gasteiger partial charge in [0.15, 0.2) is 0 Å². The molecule has 0 atom stereocenters. The lowest BCUT2D eigenvalue weighted by Crippen LogP contribution is -2.10. The van der Waals surface area contributed by atoms with Gasteiger partial charge in [-0.15, -0.1) is 0 Å². The van der Waals surface area contributed by atoms with Crippen molar-refractivity contribution in [2.45, 2.75) is 26.7 Å². The third-order valence-electron chi connectivity index (χ3n) is 4.06. The Bertz CT molecular complexity index is 854. The fourth-order valence-electron chi connectivity index (χ4n) is 2.85. The minimum Gasteiger partial charge on any atom is -0.508 e. The number of rotatable bonds is 4. The average Bonchev–Trinajstić information content (AvgIpc) is 2.59. The van der Waals surface area contributed by atoms with Gasteiger partial charge in [-0.1, -0.05) is 54.1 Å². The van der Waals surface area contributed by atoms with E-state index in [9.17, 15) is 10.2 Å². The molecule has 0 saturated heterocycles. The van der Waals surface area contributed by atoms with E-state index in [2.05, 4.69) is 26.0 Å². The molecule has 0 saturated carbocycles. The van der Waals surface area contributed by atoms with E-state index in [1.807, 2.05) is 36.4 Å². The van der Waals surface area contributed by atoms with Crippen LogP contribution in [0.5, 0.6) is 17.2 Å². The third-order valence-corrected chi connectivity index (χ3v) is 4.06. The van der Waals surface area contributed by atoms with Gasteiger partial charge in [0.25, 0.3) is 0 Å². The number of hydrogen-bond donors (Lipinski definition) is 2. The predicted octanol–water partition coefficient (Wildman–Crippen LogP) is 5.36. The van der Waals surface area contributed by atoms with Crippen LogP contribution in [0.4, 0.5) is 0 Å². The van der Waals surface area contributed by atoms with Gasteiger partial charge in [0.1, 0.15) is 23.0 Å². The molecule has 128 valence electrons. The maximum absolute atomic E-state index is 10.2. The summed E-state index contributed by atoms with van der Waals surface area (Å²) in [5, 5.41) is 19.9. The van der Waals surface area contributed by atoms with E-state index in [-0.39, 0.29) is 11.5 Å². The van der Waals surface area contributed by atoms with Crippen LogP contribution in [0.3, 0.4) is 0 Å². The number of hydrogen-bond acceptors (Lipinski definition) is 3. The zero-order chi connectivity index (χ0) is 17.8. The van der Waals surface area contributed by atoms with Gasteiger partial charge in [0.2, 0.25) is 0 Å². The Kier molecular flexibility index (Phi) is 4.94. The molecule has 0 unspecified atom stereocenters. The Hall–Kier alpha value is -2.94. The zero-order valence-electron chi connectivity index (χ0n) is 14.5. The van der Waals surface area contributed by atoms with Crippen LogP contribution in [-0.4, -0.2) is 10.2 Å². The van der Waals surface area contributed by atoms with Gasteiger partial charge < -0.3 is 14.9 Å². The quantitative estimate of drug-likeness (QED) is 0.740. The summed E-state index contributed by atoms with van der Waals surface area (Å²) in [6, 6.07) is 12.8. The summed E-state index contributed by atoms with van der Waals surface area (Å²) in [6.07, 6.45) is 7.52. The molecule has 1 heterocycles. The molecule has 0 spiro atoms. The van der Waals surface area contributed by atoms with Gasteiger partial charge in [-0.2, -0.15) is 0 Å². The van der Waals surface area contributed by atoms with Crippen molar-refractivity contribution in [3.8, 4) is 17.2 Å². The molecule has 25 heavy (non-hydrogen) atoms. The molecule has 0 aromatic heterocycles. The summed E-state index contributed by atoms with van der Waals surface area (Å²) < 4.78 is 6.08. The molecule has 1 aliphatic heterocycles. The summed E-state index contributed by atoms with van der Waals surface area (Å²) in [5.74, 6) is 1.36. The van der Waals surface area contributed by atoms with Crippen molar-refractivity contribution in [3.63, 3.8) is 0 Å². The molecule has 2 aromatic rings. The summed E-state index contributed by atoms with van der Waals surface area (Å²) in [6.45, 7) is 4.12. The van der Waals surface area contributed by atoms with E-state index in [0.29, 0.717) is 17.7 Å². The smallest absolute Gasteiger partial charge is 0.138 e. The molecule has 0 amide bonds. The van der Waals surface area contributed by atoms with Crippen LogP contribution in [-0.2, 0) is 6.42 Å². The fraction of sp³-hybridized carbons (Fsp3) is 0.182. The van der Waals surface area contributed by atoms with Crippen LogP contribution in [0.2, 0.25) is 0 Å². The number of aromatic hydroxyl groups is 2. The Labute approximate surface area is 148 Å². The number of phenols is 2. The highest BCUT2D eigenvalue weighted by atomic mass is 16.5. The molecule has 2 N–H and O–H groups in total. The van der Waals surface area contributed by atoms with Crippen LogP contribution >= 0.6 is 0 Å². The normalized spacial score (nSPS) is 13.5. The first-order valence-electron chi connectivity index (χ1n) is 8.35. The second-order valence-corrected chi connectivity index (χ2v) is 6.40. The van der Waals surface area contributed by atoms with E-state index >= 15 is 0 Å². The van der Waals surface area contributed by atoms with Crippen molar-refractivity contribution in [2.75, 3.05) is 0 Å². The molecule has 0 fully saturated rings. The maximum Gasteiger partial charge on any atom is 0.138 e. The first kappa shape index (κ1) is 16.9. The van der Waals surface area contributed by atoms with Crippen molar-refractivity contribution in [3.05, 3.63) is 83.0 Å². The van der Waals surface area contributed by atoms with E-state index in [1.165, 1.54) is 11.6 Å². The van der Waals surface area contributed by atoms with Crippen molar-refractivity contribution in [2.24, 2.45) is 0 Å². The number of allylic oxidation sites excluding steroid dienone is 5. The first-order valence-corrected chi connectivity index (χ1v) is 8.35. The average molecular weight is 334 g/mol. The Balaban J connectivity index is 1.99. The van der Waals surface area contributed by atoms with Gasteiger partial charge in [0, 0.05) is 29.7 Å². The molecule has 0 radical (unpaired) electrons. The number of phenolic OH excluding ortho intramolecular Hbond substituents is 2. The van der Waals surface area contributed by atoms with Crippen molar-refractivity contribution >= 4 is 5.76 Å². The number of fused-ring (bicyclic) bond motifs is 1. The lowest BCUT2D eigenvalue weighted by Gasteiger charge is -2.24. The van der Waals surface area contributed by atoms with Crippen molar-refractivity contribution < 1.29 is 14.9 Å². The largest absolute Gasteiger partial charge is 0.508 e. The minimum atomic E-state index is -0.00411. The number of benzene rings is 2. The highest BCUT2D eigenvalue weighted by Crippen LogP contribution is 2.42. The van der Waals surface area contributed by atoms with Gasteiger partial charge in [-0.25, -0.2) is 0 Å². The Morgan fingerprint density at radius 3 is 2.60 bits per heavy atom. The van der Waals surface area contributed by atoms with Gasteiger partial charge >= 0.3 is 0 Å². The maximum atomic E-state index is 10.2. The third kappa shape index (κ3) is 3.94. The summed E-state index contributed by atoms with van der Waals surface area (Å²) >= 11 is 0. The summed E-state index contributed by atoms with van der Waals surface area (Å²) in [5.41, 5.74) is 4.04. The van der Waals surface area contributed by atoms with Crippen LogP contribution < -0.4 is 4.74 Å². The molecule has 3 heteroatoms. The minimum absolute atomic E-state index is 0.00411. The molecular formula is C22H22O3. The second kappa shape index (κ2) is 7.31. The molecule has 3 nitrogen and oxygen atoms in total. The lowest BCUT2D eigenvalue weighted by atomic mass is 9.94. The Morgan fingerprint density at radius 1 is 1.12 bits per heavy atom.